The average Bonchev–Trinajstić information content (AvgIpc) is 0.778. The minimum atomic E-state index is 0.599. The van der Waals surface area contributed by atoms with Crippen LogP contribution in [0.15, 0.2) is 122 Å². The molecule has 7 aromatic rings. The maximum absolute atomic E-state index is 7.15. The molecule has 0 bridgehead atoms. The van der Waals surface area contributed by atoms with Gasteiger partial charge in [-0.1, -0.05) is 413 Å². The normalized spacial score (nSPS) is 11.4. The van der Waals surface area contributed by atoms with Gasteiger partial charge in [0.2, 0.25) is 0 Å². The molecule has 0 aliphatic carbocycles. The third kappa shape index (κ3) is 42.0. The topological polar surface area (TPSA) is 107 Å². The van der Waals surface area contributed by atoms with Crippen LogP contribution >= 0.6 is 0 Å². The molecular formula is C110H170N4O6. The Morgan fingerprint density at radius 2 is 0.400 bits per heavy atom. The molecule has 120 heavy (non-hydrogen) atoms. The van der Waals surface area contributed by atoms with Gasteiger partial charge in [0.25, 0.3) is 0 Å². The summed E-state index contributed by atoms with van der Waals surface area (Å²) < 4.78 is 42.1. The molecule has 7 rings (SSSR count). The molecule has 0 spiro atoms. The average molecular weight is 1640 g/mol. The lowest BCUT2D eigenvalue weighted by atomic mass is 9.98. The standard InChI is InChI=1S/C110H170N4O6/c1-7-13-19-25-31-37-43-49-55-63-78-115-105-88-100(109(84-96(105)93-70-69-76-111-90-93)119-82-67-59-53-47-41-35-29-23-17-11-5)103-74-73-95(92-113-103)98-86-110(120-83-68-60-54-48-42-36-30-24-18-12-6)101(89-107(98)117-80-65-57-51-45-39-33-27-21-15-9-3)104-75-72-94(91-114-104)97-85-108(118-81-66-58-52-46-40-34-28-22-16-10-4)99(102-71-61-62-77-112-102)87-106(97)116-79-64-56-50-44-38-32-26-20-14-8-2/h61-62,69-77,84-92H,7-60,63-68,78-83H2,1-6H3. The van der Waals surface area contributed by atoms with Gasteiger partial charge in [-0.15, -0.1) is 0 Å². The van der Waals surface area contributed by atoms with Crippen molar-refractivity contribution in [1.82, 2.24) is 19.9 Å². The summed E-state index contributed by atoms with van der Waals surface area (Å²) in [4.78, 5) is 20.4. The van der Waals surface area contributed by atoms with E-state index < -0.39 is 0 Å². The molecule has 10 nitrogen and oxygen atoms in total. The van der Waals surface area contributed by atoms with Crippen molar-refractivity contribution in [3.8, 4) is 102 Å². The summed E-state index contributed by atoms with van der Waals surface area (Å²) in [6.07, 6.45) is 85.7. The summed E-state index contributed by atoms with van der Waals surface area (Å²) in [7, 11) is 0. The van der Waals surface area contributed by atoms with Crippen LogP contribution in [0.1, 0.15) is 427 Å². The second kappa shape index (κ2) is 67.5. The van der Waals surface area contributed by atoms with Gasteiger partial charge >= 0.3 is 0 Å². The molecule has 0 radical (unpaired) electrons. The minimum Gasteiger partial charge on any atom is -0.493 e. The second-order valence-electron chi connectivity index (χ2n) is 35.0. The Kier molecular flexibility index (Phi) is 56.4. The lowest BCUT2D eigenvalue weighted by Gasteiger charge is -2.20. The number of unbranched alkanes of at least 4 members (excludes halogenated alkanes) is 54. The molecule has 0 unspecified atom stereocenters. The van der Waals surface area contributed by atoms with Gasteiger partial charge < -0.3 is 28.4 Å². The molecular weight excluding hydrogens is 1470 g/mol. The first kappa shape index (κ1) is 100. The van der Waals surface area contributed by atoms with Gasteiger partial charge in [-0.05, 0) is 105 Å². The summed E-state index contributed by atoms with van der Waals surface area (Å²) in [5.41, 5.74) is 11.1. The van der Waals surface area contributed by atoms with Crippen LogP contribution in [-0.2, 0) is 0 Å². The first-order valence-corrected chi connectivity index (χ1v) is 50.6. The van der Waals surface area contributed by atoms with E-state index in [-0.39, 0.29) is 0 Å². The quantitative estimate of drug-likeness (QED) is 0.0342. The van der Waals surface area contributed by atoms with Gasteiger partial charge in [0.05, 0.1) is 56.7 Å². The zero-order chi connectivity index (χ0) is 84.3. The van der Waals surface area contributed by atoms with Crippen molar-refractivity contribution in [1.29, 1.82) is 0 Å². The SMILES string of the molecule is CCCCCCCCCCCCOc1cc(-c2ccc(-c3cc(OCCCCCCCCCCCC)c(-c4ccc(-c5cc(OCCCCCCCCCCCC)c(-c6ccccn6)cc5OCCCCCCCCCCCC)cn4)cc3OCCCCCCCCCCCC)cn2)c(OCCCCCCCCCCCC)cc1-c1cccnc1. The van der Waals surface area contributed by atoms with Crippen molar-refractivity contribution in [2.45, 2.75) is 427 Å². The van der Waals surface area contributed by atoms with E-state index in [1.54, 1.807) is 0 Å². The monoisotopic (exact) mass is 1640 g/mol. The number of hydrogen-bond donors (Lipinski definition) is 0. The fourth-order valence-corrected chi connectivity index (χ4v) is 16.8. The highest BCUT2D eigenvalue weighted by molar-refractivity contribution is 5.84. The van der Waals surface area contributed by atoms with Crippen molar-refractivity contribution < 1.29 is 28.4 Å². The smallest absolute Gasteiger partial charge is 0.129 e. The number of rotatable bonds is 78. The lowest BCUT2D eigenvalue weighted by Crippen LogP contribution is -2.04. The minimum absolute atomic E-state index is 0.599. The van der Waals surface area contributed by atoms with E-state index in [1.165, 1.54) is 308 Å². The van der Waals surface area contributed by atoms with Crippen LogP contribution in [0.2, 0.25) is 0 Å². The molecule has 0 atom stereocenters. The number of pyridine rings is 4. The summed E-state index contributed by atoms with van der Waals surface area (Å²) >= 11 is 0. The van der Waals surface area contributed by atoms with E-state index >= 15 is 0 Å². The summed E-state index contributed by atoms with van der Waals surface area (Å²) in [6, 6.07) is 32.3. The van der Waals surface area contributed by atoms with Gasteiger partial charge in [-0.3, -0.25) is 19.9 Å². The van der Waals surface area contributed by atoms with E-state index in [2.05, 4.69) is 125 Å². The van der Waals surface area contributed by atoms with E-state index in [0.29, 0.717) is 39.6 Å². The highest BCUT2D eigenvalue weighted by atomic mass is 16.5. The molecule has 666 valence electrons. The summed E-state index contributed by atoms with van der Waals surface area (Å²) in [6.45, 7) is 17.5. The lowest BCUT2D eigenvalue weighted by molar-refractivity contribution is 0.298. The second-order valence-corrected chi connectivity index (χ2v) is 35.0. The third-order valence-electron chi connectivity index (χ3n) is 24.4. The van der Waals surface area contributed by atoms with E-state index in [0.717, 1.165) is 179 Å². The van der Waals surface area contributed by atoms with E-state index in [1.807, 2.05) is 43.1 Å². The molecule has 3 aromatic carbocycles. The van der Waals surface area contributed by atoms with Gasteiger partial charge in [-0.2, -0.15) is 0 Å². The Morgan fingerprint density at radius 3 is 0.608 bits per heavy atom. The molecule has 0 aliphatic rings. The van der Waals surface area contributed by atoms with Gasteiger partial charge in [-0.25, -0.2) is 0 Å². The highest BCUT2D eigenvalue weighted by Crippen LogP contribution is 2.46. The van der Waals surface area contributed by atoms with Crippen LogP contribution in [0.5, 0.6) is 34.5 Å². The van der Waals surface area contributed by atoms with Crippen LogP contribution < -0.4 is 28.4 Å². The van der Waals surface area contributed by atoms with Gasteiger partial charge in [0.15, 0.2) is 0 Å². The van der Waals surface area contributed by atoms with E-state index in [4.69, 9.17) is 43.4 Å². The number of benzene rings is 3. The Hall–Kier alpha value is -6.94. The van der Waals surface area contributed by atoms with Crippen molar-refractivity contribution in [3.05, 3.63) is 122 Å². The Bertz CT molecular complexity index is 3370. The molecule has 0 saturated carbocycles. The molecule has 0 aliphatic heterocycles. The Morgan fingerprint density at radius 1 is 0.183 bits per heavy atom. The molecule has 0 amide bonds. The number of nitrogens with zero attached hydrogens (tertiary/aromatic N) is 4. The van der Waals surface area contributed by atoms with Crippen LogP contribution in [0.3, 0.4) is 0 Å². The highest BCUT2D eigenvalue weighted by Gasteiger charge is 2.23. The van der Waals surface area contributed by atoms with Crippen LogP contribution in [-0.4, -0.2) is 59.6 Å². The Balaban J connectivity index is 1.25. The molecule has 0 N–H and O–H groups in total. The third-order valence-corrected chi connectivity index (χ3v) is 24.4. The number of hydrogen-bond acceptors (Lipinski definition) is 10. The van der Waals surface area contributed by atoms with Crippen molar-refractivity contribution in [3.63, 3.8) is 0 Å². The maximum Gasteiger partial charge on any atom is 0.129 e. The maximum atomic E-state index is 7.15. The predicted molar refractivity (Wildman–Crippen MR) is 514 cm³/mol. The number of aromatic nitrogens is 4. The van der Waals surface area contributed by atoms with Crippen LogP contribution in [0.4, 0.5) is 0 Å². The first-order chi connectivity index (χ1) is 59.5. The van der Waals surface area contributed by atoms with Crippen molar-refractivity contribution >= 4 is 0 Å². The summed E-state index contributed by atoms with van der Waals surface area (Å²) in [5.74, 6) is 4.87. The van der Waals surface area contributed by atoms with Crippen molar-refractivity contribution in [2.24, 2.45) is 0 Å². The van der Waals surface area contributed by atoms with Gasteiger partial charge in [0.1, 0.15) is 34.5 Å². The zero-order valence-corrected chi connectivity index (χ0v) is 77.5. The molecule has 0 saturated heterocycles. The first-order valence-electron chi connectivity index (χ1n) is 50.6. The molecule has 0 fully saturated rings. The number of ether oxygens (including phenoxy) is 6. The largest absolute Gasteiger partial charge is 0.493 e. The van der Waals surface area contributed by atoms with Crippen LogP contribution in [0.25, 0.3) is 67.2 Å². The predicted octanol–water partition coefficient (Wildman–Crippen LogP) is 35.1. The zero-order valence-electron chi connectivity index (χ0n) is 77.5. The van der Waals surface area contributed by atoms with Crippen molar-refractivity contribution in [2.75, 3.05) is 39.6 Å². The fourth-order valence-electron chi connectivity index (χ4n) is 16.8. The molecule has 4 aromatic heterocycles. The molecule has 4 heterocycles. The summed E-state index contributed by atoms with van der Waals surface area (Å²) in [5, 5.41) is 0. The molecule has 10 heteroatoms. The van der Waals surface area contributed by atoms with Gasteiger partial charge in [0, 0.05) is 81.1 Å². The van der Waals surface area contributed by atoms with Crippen LogP contribution in [0, 0.1) is 0 Å². The van der Waals surface area contributed by atoms with E-state index in [9.17, 15) is 0 Å². The fraction of sp³-hybridized carbons (Fsp3) is 0.655. The Labute approximate surface area is 734 Å².